The van der Waals surface area contributed by atoms with Crippen LogP contribution in [0, 0.1) is 6.92 Å². The number of ether oxygens (including phenoxy) is 3. The summed E-state index contributed by atoms with van der Waals surface area (Å²) in [5, 5.41) is 0. The van der Waals surface area contributed by atoms with Crippen molar-refractivity contribution in [2.45, 2.75) is 32.6 Å². The highest BCUT2D eigenvalue weighted by atomic mass is 16.5. The van der Waals surface area contributed by atoms with Gasteiger partial charge in [0.1, 0.15) is 5.75 Å². The van der Waals surface area contributed by atoms with Crippen molar-refractivity contribution < 1.29 is 14.2 Å². The van der Waals surface area contributed by atoms with Crippen LogP contribution in [0.1, 0.15) is 36.0 Å². The van der Waals surface area contributed by atoms with E-state index in [2.05, 4.69) is 32.0 Å². The lowest BCUT2D eigenvalue weighted by atomic mass is 9.90. The number of para-hydroxylation sites is 1. The van der Waals surface area contributed by atoms with Gasteiger partial charge < -0.3 is 19.9 Å². The van der Waals surface area contributed by atoms with Crippen LogP contribution < -0.4 is 19.9 Å². The van der Waals surface area contributed by atoms with Gasteiger partial charge in [-0.25, -0.2) is 0 Å². The fraction of sp³-hybridized carbons (Fsp3) is 0.429. The smallest absolute Gasteiger partial charge is 0.164 e. The maximum atomic E-state index is 6.09. The summed E-state index contributed by atoms with van der Waals surface area (Å²) < 4.78 is 16.8. The quantitative estimate of drug-likeness (QED) is 0.745. The zero-order chi connectivity index (χ0) is 18.2. The van der Waals surface area contributed by atoms with Crippen LogP contribution in [0.2, 0.25) is 0 Å². The molecule has 0 bridgehead atoms. The first-order chi connectivity index (χ1) is 12.1. The minimum absolute atomic E-state index is 0.209. The Kier molecular flexibility index (Phi) is 7.14. The van der Waals surface area contributed by atoms with Crippen molar-refractivity contribution in [3.8, 4) is 17.2 Å². The third-order valence-electron chi connectivity index (χ3n) is 4.37. The largest absolute Gasteiger partial charge is 0.496 e. The minimum atomic E-state index is 0.209. The summed E-state index contributed by atoms with van der Waals surface area (Å²) in [6, 6.07) is 12.3. The number of rotatable bonds is 9. The third-order valence-corrected chi connectivity index (χ3v) is 4.37. The van der Waals surface area contributed by atoms with Crippen LogP contribution in [0.4, 0.5) is 0 Å². The predicted molar refractivity (Wildman–Crippen MR) is 102 cm³/mol. The molecule has 0 heterocycles. The van der Waals surface area contributed by atoms with Crippen LogP contribution in [0.5, 0.6) is 17.2 Å². The van der Waals surface area contributed by atoms with Gasteiger partial charge in [0.2, 0.25) is 0 Å². The van der Waals surface area contributed by atoms with E-state index in [1.807, 2.05) is 18.2 Å². The van der Waals surface area contributed by atoms with Crippen LogP contribution >= 0.6 is 0 Å². The van der Waals surface area contributed by atoms with Gasteiger partial charge in [-0.15, -0.1) is 0 Å². The highest BCUT2D eigenvalue weighted by molar-refractivity contribution is 5.48. The second-order valence-electron chi connectivity index (χ2n) is 6.16. The number of hydrogen-bond acceptors (Lipinski definition) is 4. The summed E-state index contributed by atoms with van der Waals surface area (Å²) in [4.78, 5) is 0. The Balaban J connectivity index is 2.30. The van der Waals surface area contributed by atoms with Gasteiger partial charge in [-0.1, -0.05) is 31.2 Å². The van der Waals surface area contributed by atoms with Crippen molar-refractivity contribution in [3.63, 3.8) is 0 Å². The van der Waals surface area contributed by atoms with Crippen LogP contribution in [-0.4, -0.2) is 27.4 Å². The van der Waals surface area contributed by atoms with Crippen LogP contribution in [0.3, 0.4) is 0 Å². The number of nitrogens with two attached hydrogens (primary N) is 1. The standard InChI is InChI=1S/C21H29NO3/c1-5-11-25-21-17(7-6-8-20(21)24-4)13-18(14-22)16-9-10-19(23-3)15(2)12-16/h6-10,12,18H,5,11,13-14,22H2,1-4H3. The zero-order valence-electron chi connectivity index (χ0n) is 15.7. The minimum Gasteiger partial charge on any atom is -0.496 e. The highest BCUT2D eigenvalue weighted by Gasteiger charge is 2.17. The Morgan fingerprint density at radius 1 is 1.04 bits per heavy atom. The summed E-state index contributed by atoms with van der Waals surface area (Å²) in [6.45, 7) is 5.38. The second-order valence-corrected chi connectivity index (χ2v) is 6.16. The van der Waals surface area contributed by atoms with E-state index in [1.54, 1.807) is 14.2 Å². The van der Waals surface area contributed by atoms with E-state index < -0.39 is 0 Å². The molecule has 1 unspecified atom stereocenters. The molecule has 0 saturated heterocycles. The molecule has 2 rings (SSSR count). The van der Waals surface area contributed by atoms with Crippen molar-refractivity contribution in [2.75, 3.05) is 27.4 Å². The molecule has 0 saturated carbocycles. The second kappa shape index (κ2) is 9.33. The van der Waals surface area contributed by atoms with Gasteiger partial charge in [0.05, 0.1) is 20.8 Å². The molecule has 0 radical (unpaired) electrons. The SMILES string of the molecule is CCCOc1c(CC(CN)c2ccc(OC)c(C)c2)cccc1OC. The molecule has 0 amide bonds. The van der Waals surface area contributed by atoms with Gasteiger partial charge in [0.25, 0.3) is 0 Å². The molecule has 0 aliphatic heterocycles. The first-order valence-corrected chi connectivity index (χ1v) is 8.77. The van der Waals surface area contributed by atoms with Crippen molar-refractivity contribution in [3.05, 3.63) is 53.1 Å². The normalized spacial score (nSPS) is 11.9. The highest BCUT2D eigenvalue weighted by Crippen LogP contribution is 2.35. The Morgan fingerprint density at radius 2 is 1.80 bits per heavy atom. The van der Waals surface area contributed by atoms with Crippen molar-refractivity contribution >= 4 is 0 Å². The van der Waals surface area contributed by atoms with E-state index >= 15 is 0 Å². The first kappa shape index (κ1) is 19.1. The average molecular weight is 343 g/mol. The summed E-state index contributed by atoms with van der Waals surface area (Å²) in [5.74, 6) is 2.71. The lowest BCUT2D eigenvalue weighted by Crippen LogP contribution is -2.16. The fourth-order valence-electron chi connectivity index (χ4n) is 3.01. The van der Waals surface area contributed by atoms with Gasteiger partial charge in [0.15, 0.2) is 11.5 Å². The van der Waals surface area contributed by atoms with Gasteiger partial charge >= 0.3 is 0 Å². The van der Waals surface area contributed by atoms with Crippen molar-refractivity contribution in [2.24, 2.45) is 5.73 Å². The maximum Gasteiger partial charge on any atom is 0.164 e. The third kappa shape index (κ3) is 4.67. The molecule has 0 aliphatic rings. The first-order valence-electron chi connectivity index (χ1n) is 8.77. The monoisotopic (exact) mass is 343 g/mol. The molecule has 1 atom stereocenters. The summed E-state index contributed by atoms with van der Waals surface area (Å²) in [5.41, 5.74) is 9.54. The summed E-state index contributed by atoms with van der Waals surface area (Å²) >= 11 is 0. The van der Waals surface area contributed by atoms with E-state index in [-0.39, 0.29) is 5.92 Å². The van der Waals surface area contributed by atoms with E-state index in [4.69, 9.17) is 19.9 Å². The Morgan fingerprint density at radius 3 is 2.40 bits per heavy atom. The lowest BCUT2D eigenvalue weighted by molar-refractivity contribution is 0.290. The molecule has 136 valence electrons. The molecule has 0 aromatic heterocycles. The number of methoxy groups -OCH3 is 2. The topological polar surface area (TPSA) is 53.7 Å². The summed E-state index contributed by atoms with van der Waals surface area (Å²) in [6.07, 6.45) is 1.76. The molecule has 0 fully saturated rings. The zero-order valence-corrected chi connectivity index (χ0v) is 15.7. The predicted octanol–water partition coefficient (Wildman–Crippen LogP) is 4.09. The lowest BCUT2D eigenvalue weighted by Gasteiger charge is -2.20. The molecule has 0 aliphatic carbocycles. The molecule has 2 aromatic rings. The van der Waals surface area contributed by atoms with Crippen molar-refractivity contribution in [1.29, 1.82) is 0 Å². The Hall–Kier alpha value is -2.20. The van der Waals surface area contributed by atoms with E-state index in [9.17, 15) is 0 Å². The molecule has 2 N–H and O–H groups in total. The van der Waals surface area contributed by atoms with E-state index in [0.29, 0.717) is 13.2 Å². The van der Waals surface area contributed by atoms with E-state index in [1.165, 1.54) is 5.56 Å². The molecule has 4 heteroatoms. The molecular formula is C21H29NO3. The molecule has 2 aromatic carbocycles. The van der Waals surface area contributed by atoms with Gasteiger partial charge in [0, 0.05) is 5.92 Å². The Labute approximate surface area is 150 Å². The van der Waals surface area contributed by atoms with Gasteiger partial charge in [-0.2, -0.15) is 0 Å². The van der Waals surface area contributed by atoms with E-state index in [0.717, 1.165) is 41.2 Å². The average Bonchev–Trinajstić information content (AvgIpc) is 2.64. The van der Waals surface area contributed by atoms with Crippen molar-refractivity contribution in [1.82, 2.24) is 0 Å². The molecular weight excluding hydrogens is 314 g/mol. The Bertz CT molecular complexity index is 685. The summed E-state index contributed by atoms with van der Waals surface area (Å²) in [7, 11) is 3.36. The fourth-order valence-corrected chi connectivity index (χ4v) is 3.01. The van der Waals surface area contributed by atoms with Gasteiger partial charge in [-0.05, 0) is 55.1 Å². The molecule has 25 heavy (non-hydrogen) atoms. The maximum absolute atomic E-state index is 6.09. The number of hydrogen-bond donors (Lipinski definition) is 1. The molecule has 0 spiro atoms. The van der Waals surface area contributed by atoms with Crippen LogP contribution in [-0.2, 0) is 6.42 Å². The molecule has 4 nitrogen and oxygen atoms in total. The number of benzene rings is 2. The van der Waals surface area contributed by atoms with Gasteiger partial charge in [-0.3, -0.25) is 0 Å². The number of aryl methyl sites for hydroxylation is 1. The van der Waals surface area contributed by atoms with Crippen LogP contribution in [0.15, 0.2) is 36.4 Å². The van der Waals surface area contributed by atoms with Crippen LogP contribution in [0.25, 0.3) is 0 Å².